The Morgan fingerprint density at radius 1 is 1.15 bits per heavy atom. The molecular weight excluding hydrogens is 292 g/mol. The highest BCUT2D eigenvalue weighted by Crippen LogP contribution is 2.52. The third-order valence-corrected chi connectivity index (χ3v) is 6.30. The van der Waals surface area contributed by atoms with Gasteiger partial charge in [0.2, 0.25) is 0 Å². The van der Waals surface area contributed by atoms with E-state index in [4.69, 9.17) is 0 Å². The number of benzene rings is 1. The Labute approximate surface area is 96.0 Å². The van der Waals surface area contributed by atoms with Gasteiger partial charge in [-0.05, 0) is 11.1 Å². The minimum atomic E-state index is 0.227. The molecule has 1 aromatic carbocycles. The van der Waals surface area contributed by atoms with E-state index in [0.29, 0.717) is 9.65 Å². The molecule has 0 nitrogen and oxygen atoms in total. The third kappa shape index (κ3) is 1.30. The number of hydrogen-bond acceptors (Lipinski definition) is 0. The zero-order valence-corrected chi connectivity index (χ0v) is 10.9. The maximum atomic E-state index is 3.76. The van der Waals surface area contributed by atoms with Crippen molar-refractivity contribution in [1.29, 1.82) is 0 Å². The lowest BCUT2D eigenvalue weighted by Gasteiger charge is -2.24. The number of rotatable bonds is 0. The maximum Gasteiger partial charge on any atom is 0.0531 e. The van der Waals surface area contributed by atoms with Crippen molar-refractivity contribution in [2.45, 2.75) is 28.9 Å². The number of alkyl halides is 2. The van der Waals surface area contributed by atoms with Gasteiger partial charge in [-0.25, -0.2) is 0 Å². The van der Waals surface area contributed by atoms with Gasteiger partial charge in [-0.1, -0.05) is 70.0 Å². The molecule has 1 aromatic rings. The minimum Gasteiger partial charge on any atom is -0.0865 e. The fourth-order valence-corrected chi connectivity index (χ4v) is 3.59. The van der Waals surface area contributed by atoms with Gasteiger partial charge in [0.05, 0.1) is 4.83 Å². The molecule has 0 N–H and O–H groups in total. The average Bonchev–Trinajstić information content (AvgIpc) is 2.30. The third-order valence-electron chi connectivity index (χ3n) is 2.90. The van der Waals surface area contributed by atoms with Crippen LogP contribution in [0.3, 0.4) is 0 Å². The Hall–Kier alpha value is 0.180. The molecule has 0 radical (unpaired) electrons. The first-order valence-electron chi connectivity index (χ1n) is 4.42. The van der Waals surface area contributed by atoms with Gasteiger partial charge in [-0.3, -0.25) is 0 Å². The molecule has 1 aliphatic rings. The van der Waals surface area contributed by atoms with Crippen molar-refractivity contribution in [2.75, 3.05) is 0 Å². The number of fused-ring (bicyclic) bond motifs is 1. The molecule has 0 heterocycles. The van der Waals surface area contributed by atoms with E-state index >= 15 is 0 Å². The van der Waals surface area contributed by atoms with Crippen LogP contribution in [0.1, 0.15) is 29.8 Å². The lowest BCUT2D eigenvalue weighted by atomic mass is 9.87. The van der Waals surface area contributed by atoms with Gasteiger partial charge in [-0.2, -0.15) is 0 Å². The summed E-state index contributed by atoms with van der Waals surface area (Å²) >= 11 is 7.49. The highest BCUT2D eigenvalue weighted by atomic mass is 79.9. The molecule has 0 amide bonds. The lowest BCUT2D eigenvalue weighted by molar-refractivity contribution is 0.543. The van der Waals surface area contributed by atoms with Gasteiger partial charge in [0.25, 0.3) is 0 Å². The molecular formula is C11H12Br2. The first-order valence-corrected chi connectivity index (χ1v) is 6.26. The van der Waals surface area contributed by atoms with Crippen LogP contribution >= 0.6 is 31.9 Å². The maximum absolute atomic E-state index is 3.76. The van der Waals surface area contributed by atoms with Crippen molar-refractivity contribution < 1.29 is 0 Å². The average molecular weight is 304 g/mol. The second kappa shape index (κ2) is 3.09. The fraction of sp³-hybridized carbons (Fsp3) is 0.455. The van der Waals surface area contributed by atoms with Crippen LogP contribution < -0.4 is 0 Å². The molecule has 0 aromatic heterocycles. The summed E-state index contributed by atoms with van der Waals surface area (Å²) in [6.07, 6.45) is 0. The van der Waals surface area contributed by atoms with E-state index in [2.05, 4.69) is 70.0 Å². The van der Waals surface area contributed by atoms with Crippen molar-refractivity contribution in [3.05, 3.63) is 35.4 Å². The van der Waals surface area contributed by atoms with Crippen LogP contribution in [0.2, 0.25) is 0 Å². The van der Waals surface area contributed by atoms with Gasteiger partial charge in [0.1, 0.15) is 0 Å². The van der Waals surface area contributed by atoms with Crippen LogP contribution in [0.4, 0.5) is 0 Å². The SMILES string of the molecule is CC1(C)c2ccccc2[C@H](Br)[C@H]1Br. The van der Waals surface area contributed by atoms with Crippen molar-refractivity contribution in [1.82, 2.24) is 0 Å². The summed E-state index contributed by atoms with van der Waals surface area (Å²) in [6, 6.07) is 8.65. The smallest absolute Gasteiger partial charge is 0.0531 e. The Morgan fingerprint density at radius 3 is 2.38 bits per heavy atom. The summed E-state index contributed by atoms with van der Waals surface area (Å²) in [5.41, 5.74) is 3.11. The normalized spacial score (nSPS) is 30.2. The van der Waals surface area contributed by atoms with Crippen LogP contribution in [0.25, 0.3) is 0 Å². The van der Waals surface area contributed by atoms with Crippen LogP contribution in [0.5, 0.6) is 0 Å². The van der Waals surface area contributed by atoms with Crippen molar-refractivity contribution in [3.63, 3.8) is 0 Å². The van der Waals surface area contributed by atoms with E-state index < -0.39 is 0 Å². The van der Waals surface area contributed by atoms with Crippen LogP contribution in [0.15, 0.2) is 24.3 Å². The summed E-state index contributed by atoms with van der Waals surface area (Å²) in [5.74, 6) is 0. The summed E-state index contributed by atoms with van der Waals surface area (Å²) in [4.78, 5) is 0.927. The molecule has 13 heavy (non-hydrogen) atoms. The molecule has 2 rings (SSSR count). The Balaban J connectivity index is 2.61. The van der Waals surface area contributed by atoms with E-state index in [1.54, 1.807) is 0 Å². The predicted octanol–water partition coefficient (Wildman–Crippen LogP) is 4.18. The quantitative estimate of drug-likeness (QED) is 0.631. The van der Waals surface area contributed by atoms with Gasteiger partial charge in [-0.15, -0.1) is 0 Å². The second-order valence-corrected chi connectivity index (χ2v) is 6.09. The van der Waals surface area contributed by atoms with Crippen molar-refractivity contribution in [2.24, 2.45) is 0 Å². The summed E-state index contributed by atoms with van der Waals surface area (Å²) in [6.45, 7) is 4.57. The molecule has 1 aliphatic carbocycles. The van der Waals surface area contributed by atoms with Crippen molar-refractivity contribution >= 4 is 31.9 Å². The molecule has 0 fully saturated rings. The largest absolute Gasteiger partial charge is 0.0865 e. The Bertz CT molecular complexity index is 331. The highest BCUT2D eigenvalue weighted by molar-refractivity contribution is 9.12. The van der Waals surface area contributed by atoms with Crippen LogP contribution in [0, 0.1) is 0 Å². The van der Waals surface area contributed by atoms with Gasteiger partial charge in [0.15, 0.2) is 0 Å². The van der Waals surface area contributed by atoms with E-state index in [1.807, 2.05) is 0 Å². The van der Waals surface area contributed by atoms with Gasteiger partial charge < -0.3 is 0 Å². The molecule has 70 valence electrons. The summed E-state index contributed by atoms with van der Waals surface area (Å²) in [5, 5.41) is 0. The zero-order chi connectivity index (χ0) is 9.64. The molecule has 2 atom stereocenters. The first kappa shape index (κ1) is 9.72. The topological polar surface area (TPSA) is 0 Å². The number of halogens is 2. The van der Waals surface area contributed by atoms with E-state index in [0.717, 1.165) is 0 Å². The molecule has 0 aliphatic heterocycles. The molecule has 0 unspecified atom stereocenters. The minimum absolute atomic E-state index is 0.227. The van der Waals surface area contributed by atoms with Crippen molar-refractivity contribution in [3.8, 4) is 0 Å². The molecule has 0 saturated carbocycles. The zero-order valence-electron chi connectivity index (χ0n) is 7.72. The second-order valence-electron chi connectivity index (χ2n) is 4.11. The molecule has 0 bridgehead atoms. The molecule has 2 heteroatoms. The summed E-state index contributed by atoms with van der Waals surface area (Å²) < 4.78 is 0. The highest BCUT2D eigenvalue weighted by Gasteiger charge is 2.43. The summed E-state index contributed by atoms with van der Waals surface area (Å²) in [7, 11) is 0. The van der Waals surface area contributed by atoms with E-state index in [-0.39, 0.29) is 5.41 Å². The fourth-order valence-electron chi connectivity index (χ4n) is 2.00. The van der Waals surface area contributed by atoms with Gasteiger partial charge in [0, 0.05) is 10.2 Å². The monoisotopic (exact) mass is 302 g/mol. The number of hydrogen-bond donors (Lipinski definition) is 0. The molecule has 0 spiro atoms. The Morgan fingerprint density at radius 2 is 1.77 bits per heavy atom. The molecule has 0 saturated heterocycles. The first-order chi connectivity index (χ1) is 6.05. The van der Waals surface area contributed by atoms with Gasteiger partial charge >= 0.3 is 0 Å². The van der Waals surface area contributed by atoms with E-state index in [1.165, 1.54) is 11.1 Å². The lowest BCUT2D eigenvalue weighted by Crippen LogP contribution is -2.24. The van der Waals surface area contributed by atoms with Crippen LogP contribution in [-0.4, -0.2) is 4.83 Å². The standard InChI is InChI=1S/C11H12Br2/c1-11(2)8-6-4-3-5-7(8)9(12)10(11)13/h3-6,9-10H,1-2H3/t9-,10+/m0/s1. The predicted molar refractivity (Wildman–Crippen MR) is 63.9 cm³/mol. The van der Waals surface area contributed by atoms with Crippen LogP contribution in [-0.2, 0) is 5.41 Å². The van der Waals surface area contributed by atoms with E-state index in [9.17, 15) is 0 Å². The Kier molecular flexibility index (Phi) is 2.31.